The lowest BCUT2D eigenvalue weighted by Gasteiger charge is -2.35. The topological polar surface area (TPSA) is 70.1 Å². The van der Waals surface area contributed by atoms with Crippen molar-refractivity contribution in [3.05, 3.63) is 100 Å². The summed E-state index contributed by atoms with van der Waals surface area (Å²) in [5, 5.41) is 10.7. The summed E-state index contributed by atoms with van der Waals surface area (Å²) in [6.07, 6.45) is -0.945. The molecule has 2 atom stereocenters. The van der Waals surface area contributed by atoms with E-state index < -0.39 is 16.1 Å². The Hall–Kier alpha value is -2.07. The highest BCUT2D eigenvalue weighted by Gasteiger charge is 2.29. The molecular weight excluding hydrogens is 528 g/mol. The van der Waals surface area contributed by atoms with Crippen LogP contribution < -0.4 is 0 Å². The second kappa shape index (κ2) is 11.8. The van der Waals surface area contributed by atoms with Gasteiger partial charge in [-0.05, 0) is 47.9 Å². The zero-order chi connectivity index (χ0) is 24.8. The average molecular weight is 560 g/mol. The van der Waals surface area contributed by atoms with E-state index in [-0.39, 0.29) is 12.7 Å². The summed E-state index contributed by atoms with van der Waals surface area (Å²) in [5.74, 6) is 0. The largest absolute Gasteiger partial charge is 0.389 e. The molecule has 0 aliphatic carbocycles. The minimum atomic E-state index is -3.52. The lowest BCUT2D eigenvalue weighted by atomic mass is 9.97. The number of ether oxygens (including phenoxy) is 1. The van der Waals surface area contributed by atoms with Crippen LogP contribution in [0.15, 0.2) is 88.2 Å². The number of aliphatic hydroxyl groups is 1. The van der Waals surface area contributed by atoms with E-state index in [1.54, 1.807) is 24.3 Å². The second-order valence-corrected chi connectivity index (χ2v) is 11.6. The van der Waals surface area contributed by atoms with Crippen molar-refractivity contribution < 1.29 is 18.3 Å². The van der Waals surface area contributed by atoms with Crippen molar-refractivity contribution in [2.45, 2.75) is 24.0 Å². The number of hydrogen-bond donors (Lipinski definition) is 1. The second-order valence-electron chi connectivity index (χ2n) is 8.79. The first-order valence-electron chi connectivity index (χ1n) is 11.7. The highest BCUT2D eigenvalue weighted by atomic mass is 79.9. The van der Waals surface area contributed by atoms with Gasteiger partial charge in [-0.3, -0.25) is 4.90 Å². The van der Waals surface area contributed by atoms with E-state index in [1.807, 2.05) is 42.5 Å². The minimum Gasteiger partial charge on any atom is -0.389 e. The van der Waals surface area contributed by atoms with Crippen molar-refractivity contribution in [1.29, 1.82) is 0 Å². The smallest absolute Gasteiger partial charge is 0.243 e. The Bertz CT molecular complexity index is 1200. The maximum atomic E-state index is 12.9. The number of β-amino-alcohol motifs (C(OH)–C–C–N with tert-alkyl or cyclic N) is 1. The molecule has 8 heteroatoms. The van der Waals surface area contributed by atoms with Crippen LogP contribution >= 0.6 is 15.9 Å². The third-order valence-electron chi connectivity index (χ3n) is 6.28. The fourth-order valence-electron chi connectivity index (χ4n) is 4.34. The molecule has 0 spiro atoms. The Morgan fingerprint density at radius 1 is 0.914 bits per heavy atom. The van der Waals surface area contributed by atoms with Gasteiger partial charge in [0.05, 0.1) is 17.6 Å². The van der Waals surface area contributed by atoms with E-state index in [9.17, 15) is 13.5 Å². The Kier molecular flexibility index (Phi) is 8.75. The number of rotatable bonds is 9. The van der Waals surface area contributed by atoms with Gasteiger partial charge in [-0.15, -0.1) is 0 Å². The predicted octanol–water partition coefficient (Wildman–Crippen LogP) is 4.23. The summed E-state index contributed by atoms with van der Waals surface area (Å²) in [5.41, 5.74) is 3.26. The van der Waals surface area contributed by atoms with Crippen molar-refractivity contribution in [3.63, 3.8) is 0 Å². The summed E-state index contributed by atoms with van der Waals surface area (Å²) >= 11 is 3.34. The van der Waals surface area contributed by atoms with Gasteiger partial charge in [0.1, 0.15) is 6.10 Å². The molecule has 1 aliphatic rings. The minimum absolute atomic E-state index is 0.186. The first-order valence-corrected chi connectivity index (χ1v) is 14.0. The van der Waals surface area contributed by atoms with Crippen molar-refractivity contribution in [3.8, 4) is 0 Å². The van der Waals surface area contributed by atoms with Gasteiger partial charge < -0.3 is 9.84 Å². The van der Waals surface area contributed by atoms with E-state index in [2.05, 4.69) is 39.9 Å². The van der Waals surface area contributed by atoms with Crippen LogP contribution in [-0.2, 0) is 14.8 Å². The van der Waals surface area contributed by atoms with Crippen molar-refractivity contribution >= 4 is 26.0 Å². The number of hydrogen-bond acceptors (Lipinski definition) is 5. The first kappa shape index (κ1) is 26.0. The molecule has 3 aromatic rings. The van der Waals surface area contributed by atoms with Crippen LogP contribution in [0.3, 0.4) is 0 Å². The van der Waals surface area contributed by atoms with Gasteiger partial charge in [-0.25, -0.2) is 8.42 Å². The molecular formula is C27H31BrN2O4S. The van der Waals surface area contributed by atoms with Gasteiger partial charge in [-0.1, -0.05) is 70.5 Å². The van der Waals surface area contributed by atoms with Gasteiger partial charge in [0.25, 0.3) is 0 Å². The molecule has 0 radical (unpaired) electrons. The SMILES string of the molecule is Cc1ccccc1[C@@H](OC[C@H](O)CN1CCN(S(=O)(=O)c2ccc(Br)cc2)CC1)c1ccccc1. The highest BCUT2D eigenvalue weighted by Crippen LogP contribution is 2.28. The third kappa shape index (κ3) is 6.58. The average Bonchev–Trinajstić information content (AvgIpc) is 2.86. The van der Waals surface area contributed by atoms with Crippen LogP contribution in [0.4, 0.5) is 0 Å². The highest BCUT2D eigenvalue weighted by molar-refractivity contribution is 9.10. The number of nitrogens with zero attached hydrogens (tertiary/aromatic N) is 2. The van der Waals surface area contributed by atoms with Gasteiger partial charge in [0.2, 0.25) is 10.0 Å². The number of aryl methyl sites for hydroxylation is 1. The molecule has 0 bridgehead atoms. The molecule has 1 fully saturated rings. The van der Waals surface area contributed by atoms with Gasteiger partial charge in [0.15, 0.2) is 0 Å². The van der Waals surface area contributed by atoms with Gasteiger partial charge in [0, 0.05) is 37.2 Å². The van der Waals surface area contributed by atoms with E-state index in [0.717, 1.165) is 21.2 Å². The molecule has 0 aromatic heterocycles. The van der Waals surface area contributed by atoms with Crippen LogP contribution in [0, 0.1) is 6.92 Å². The summed E-state index contributed by atoms with van der Waals surface area (Å²) in [7, 11) is -3.52. The molecule has 35 heavy (non-hydrogen) atoms. The van der Waals surface area contributed by atoms with Crippen LogP contribution in [0.25, 0.3) is 0 Å². The molecule has 1 N–H and O–H groups in total. The molecule has 4 rings (SSSR count). The molecule has 186 valence electrons. The first-order chi connectivity index (χ1) is 16.8. The van der Waals surface area contributed by atoms with Crippen LogP contribution in [0.2, 0.25) is 0 Å². The van der Waals surface area contributed by atoms with Gasteiger partial charge in [-0.2, -0.15) is 4.31 Å². The fraction of sp³-hybridized carbons (Fsp3) is 0.333. The summed E-state index contributed by atoms with van der Waals surface area (Å²) in [4.78, 5) is 2.39. The lowest BCUT2D eigenvalue weighted by Crippen LogP contribution is -2.50. The van der Waals surface area contributed by atoms with Crippen LogP contribution in [0.5, 0.6) is 0 Å². The van der Waals surface area contributed by atoms with Gasteiger partial charge >= 0.3 is 0 Å². The van der Waals surface area contributed by atoms with Crippen molar-refractivity contribution in [1.82, 2.24) is 9.21 Å². The quantitative estimate of drug-likeness (QED) is 0.425. The van der Waals surface area contributed by atoms with Crippen molar-refractivity contribution in [2.75, 3.05) is 39.3 Å². The van der Waals surface area contributed by atoms with Crippen molar-refractivity contribution in [2.24, 2.45) is 0 Å². The predicted molar refractivity (Wildman–Crippen MR) is 141 cm³/mol. The Labute approximate surface area is 216 Å². The number of piperazine rings is 1. The number of sulfonamides is 1. The molecule has 0 unspecified atom stereocenters. The fourth-order valence-corrected chi connectivity index (χ4v) is 6.03. The van der Waals surface area contributed by atoms with Crippen LogP contribution in [0.1, 0.15) is 22.8 Å². The standard InChI is InChI=1S/C27H31BrN2O4S/c1-21-7-5-6-10-26(21)27(22-8-3-2-4-9-22)34-20-24(31)19-29-15-17-30(18-16-29)35(32,33)25-13-11-23(28)12-14-25/h2-14,24,27,31H,15-20H2,1H3/t24-,27+/m1/s1. The maximum Gasteiger partial charge on any atom is 0.243 e. The maximum absolute atomic E-state index is 12.9. The molecule has 0 amide bonds. The Morgan fingerprint density at radius 2 is 1.54 bits per heavy atom. The monoisotopic (exact) mass is 558 g/mol. The summed E-state index contributed by atoms with van der Waals surface area (Å²) in [6, 6.07) is 24.9. The van der Waals surface area contributed by atoms with E-state index in [1.165, 1.54) is 4.31 Å². The molecule has 3 aromatic carbocycles. The molecule has 1 saturated heterocycles. The van der Waals surface area contributed by atoms with E-state index >= 15 is 0 Å². The third-order valence-corrected chi connectivity index (χ3v) is 8.72. The summed E-state index contributed by atoms with van der Waals surface area (Å²) < 4.78 is 34.5. The zero-order valence-corrected chi connectivity index (χ0v) is 22.2. The Balaban J connectivity index is 1.33. The number of halogens is 1. The van der Waals surface area contributed by atoms with E-state index in [0.29, 0.717) is 37.6 Å². The molecule has 1 heterocycles. The molecule has 6 nitrogen and oxygen atoms in total. The Morgan fingerprint density at radius 3 is 2.20 bits per heavy atom. The normalized spacial score (nSPS) is 17.2. The summed E-state index contributed by atoms with van der Waals surface area (Å²) in [6.45, 7) is 4.59. The number of aliphatic hydroxyl groups excluding tert-OH is 1. The molecule has 0 saturated carbocycles. The number of benzene rings is 3. The lowest BCUT2D eigenvalue weighted by molar-refractivity contribution is -0.0118. The zero-order valence-electron chi connectivity index (χ0n) is 19.8. The molecule has 1 aliphatic heterocycles. The van der Waals surface area contributed by atoms with E-state index in [4.69, 9.17) is 4.74 Å². The van der Waals surface area contributed by atoms with Crippen LogP contribution in [-0.4, -0.2) is 68.2 Å².